The summed E-state index contributed by atoms with van der Waals surface area (Å²) in [5.74, 6) is -1.13. The fraction of sp³-hybridized carbons (Fsp3) is 0.235. The van der Waals surface area contributed by atoms with Crippen LogP contribution in [0.1, 0.15) is 24.3 Å². The molecule has 0 saturated heterocycles. The molecule has 0 aliphatic rings. The van der Waals surface area contributed by atoms with Gasteiger partial charge < -0.3 is 14.4 Å². The normalized spacial score (nSPS) is 11.0. The molecule has 23 heavy (non-hydrogen) atoms. The van der Waals surface area contributed by atoms with Crippen molar-refractivity contribution >= 4 is 16.9 Å². The van der Waals surface area contributed by atoms with E-state index in [1.54, 1.807) is 23.6 Å². The number of pyridine rings is 1. The van der Waals surface area contributed by atoms with Crippen LogP contribution in [-0.2, 0) is 11.3 Å². The highest BCUT2D eigenvalue weighted by atomic mass is 16.5. The molecule has 0 atom stereocenters. The number of nitrogens with zero attached hydrogens (tertiary/aromatic N) is 1. The topological polar surface area (TPSA) is 85.6 Å². The zero-order valence-electron chi connectivity index (χ0n) is 12.9. The molecule has 0 fully saturated rings. The number of hydrogen-bond acceptors (Lipinski definition) is 5. The van der Waals surface area contributed by atoms with E-state index in [1.165, 1.54) is 6.07 Å². The summed E-state index contributed by atoms with van der Waals surface area (Å²) in [6.45, 7) is 4.01. The van der Waals surface area contributed by atoms with Gasteiger partial charge in [-0.05, 0) is 32.0 Å². The molecule has 0 radical (unpaired) electrons. The van der Waals surface area contributed by atoms with E-state index >= 15 is 0 Å². The largest absolute Gasteiger partial charge is 0.504 e. The van der Waals surface area contributed by atoms with Gasteiger partial charge in [0.1, 0.15) is 5.69 Å². The first-order valence-electron chi connectivity index (χ1n) is 7.18. The van der Waals surface area contributed by atoms with Crippen LogP contribution in [-0.4, -0.2) is 22.2 Å². The first-order chi connectivity index (χ1) is 11.0. The molecule has 1 aromatic heterocycles. The molecule has 1 aromatic carbocycles. The molecule has 6 nitrogen and oxygen atoms in total. The third-order valence-corrected chi connectivity index (χ3v) is 3.33. The minimum absolute atomic E-state index is 0.0978. The molecule has 0 bridgehead atoms. The number of aromatic hydroxyl groups is 1. The summed E-state index contributed by atoms with van der Waals surface area (Å²) in [5, 5.41) is 9.82. The zero-order chi connectivity index (χ0) is 17.0. The van der Waals surface area contributed by atoms with E-state index in [1.807, 2.05) is 6.92 Å². The average molecular weight is 315 g/mol. The summed E-state index contributed by atoms with van der Waals surface area (Å²) in [6, 6.07) is 4.87. The minimum atomic E-state index is -0.617. The van der Waals surface area contributed by atoms with Gasteiger partial charge in [-0.15, -0.1) is 0 Å². The van der Waals surface area contributed by atoms with E-state index in [0.717, 1.165) is 18.2 Å². The Hall–Kier alpha value is -2.89. The van der Waals surface area contributed by atoms with Crippen LogP contribution in [0.3, 0.4) is 0 Å². The lowest BCUT2D eigenvalue weighted by atomic mass is 10.2. The fourth-order valence-electron chi connectivity index (χ4n) is 2.24. The third kappa shape index (κ3) is 3.31. The van der Waals surface area contributed by atoms with Crippen molar-refractivity contribution in [2.75, 3.05) is 6.61 Å². The fourth-order valence-corrected chi connectivity index (χ4v) is 2.24. The molecule has 0 aliphatic carbocycles. The van der Waals surface area contributed by atoms with Gasteiger partial charge in [-0.1, -0.05) is 12.2 Å². The van der Waals surface area contributed by atoms with Crippen molar-refractivity contribution in [2.45, 2.75) is 20.4 Å². The zero-order valence-corrected chi connectivity index (χ0v) is 12.9. The number of allylic oxidation sites excluding steroid dienone is 2. The lowest BCUT2D eigenvalue weighted by molar-refractivity contribution is 0.0514. The van der Waals surface area contributed by atoms with E-state index in [4.69, 9.17) is 4.74 Å². The van der Waals surface area contributed by atoms with E-state index in [2.05, 4.69) is 0 Å². The number of carbonyl (C=O) groups is 1. The lowest BCUT2D eigenvalue weighted by Gasteiger charge is -2.13. The van der Waals surface area contributed by atoms with Crippen LogP contribution in [0.25, 0.3) is 10.9 Å². The second kappa shape index (κ2) is 6.91. The summed E-state index contributed by atoms with van der Waals surface area (Å²) in [6.07, 6.45) is 3.61. The van der Waals surface area contributed by atoms with E-state index in [0.29, 0.717) is 12.1 Å². The minimum Gasteiger partial charge on any atom is -0.504 e. The van der Waals surface area contributed by atoms with Gasteiger partial charge in [0.2, 0.25) is 5.43 Å². The van der Waals surface area contributed by atoms with Gasteiger partial charge in [0, 0.05) is 18.0 Å². The lowest BCUT2D eigenvalue weighted by Crippen LogP contribution is -2.19. The van der Waals surface area contributed by atoms with Crippen LogP contribution >= 0.6 is 0 Å². The molecule has 2 aromatic rings. The van der Waals surface area contributed by atoms with Crippen LogP contribution in [0.5, 0.6) is 5.75 Å². The predicted molar refractivity (Wildman–Crippen MR) is 86.9 cm³/mol. The molecule has 120 valence electrons. The smallest absolute Gasteiger partial charge is 0.355 e. The molecule has 0 amide bonds. The number of aromatic nitrogens is 1. The van der Waals surface area contributed by atoms with Crippen molar-refractivity contribution in [1.82, 2.24) is 4.57 Å². The van der Waals surface area contributed by atoms with Gasteiger partial charge in [-0.25, -0.2) is 4.79 Å². The first-order valence-corrected chi connectivity index (χ1v) is 7.18. The maximum atomic E-state index is 12.3. The summed E-state index contributed by atoms with van der Waals surface area (Å²) in [5.41, 5.74) is -0.599. The number of ether oxygens (including phenoxy) is 1. The SMILES string of the molecule is CC=CCn1c(C(=O)OCC)cc(=O)c2cc(O)c(=O)ccc21. The Bertz CT molecular complexity index is 896. The summed E-state index contributed by atoms with van der Waals surface area (Å²) in [4.78, 5) is 36.0. The van der Waals surface area contributed by atoms with Crippen molar-refractivity contribution in [3.8, 4) is 5.75 Å². The molecule has 1 N–H and O–H groups in total. The summed E-state index contributed by atoms with van der Waals surface area (Å²) in [7, 11) is 0. The van der Waals surface area contributed by atoms with Gasteiger partial charge in [0.15, 0.2) is 11.2 Å². The molecule has 1 heterocycles. The molecule has 2 rings (SSSR count). The number of carbonyl (C=O) groups excluding carboxylic acids is 1. The van der Waals surface area contributed by atoms with Gasteiger partial charge in [-0.2, -0.15) is 0 Å². The second-order valence-corrected chi connectivity index (χ2v) is 4.82. The molecule has 6 heteroatoms. The summed E-state index contributed by atoms with van der Waals surface area (Å²) >= 11 is 0. The highest BCUT2D eigenvalue weighted by Gasteiger charge is 2.16. The van der Waals surface area contributed by atoms with Crippen molar-refractivity contribution in [3.63, 3.8) is 0 Å². The Morgan fingerprint density at radius 1 is 1.26 bits per heavy atom. The Morgan fingerprint density at radius 2 is 2.00 bits per heavy atom. The Kier molecular flexibility index (Phi) is 4.95. The molecular formula is C17H17NO5. The average Bonchev–Trinajstić information content (AvgIpc) is 2.67. The molecular weight excluding hydrogens is 298 g/mol. The number of hydrogen-bond donors (Lipinski definition) is 1. The molecule has 0 spiro atoms. The Labute approximate surface area is 132 Å². The second-order valence-electron chi connectivity index (χ2n) is 4.82. The van der Waals surface area contributed by atoms with Gasteiger partial charge in [-0.3, -0.25) is 9.59 Å². The van der Waals surface area contributed by atoms with Crippen LogP contribution < -0.4 is 10.9 Å². The Balaban J connectivity index is 2.90. The highest BCUT2D eigenvalue weighted by molar-refractivity contribution is 5.91. The number of esters is 1. The number of rotatable bonds is 4. The molecule has 0 saturated carbocycles. The van der Waals surface area contributed by atoms with Crippen LogP contribution in [0.4, 0.5) is 0 Å². The molecule has 0 aliphatic heterocycles. The van der Waals surface area contributed by atoms with Gasteiger partial charge >= 0.3 is 5.97 Å². The maximum Gasteiger partial charge on any atom is 0.355 e. The first kappa shape index (κ1) is 16.5. The molecule has 0 unspecified atom stereocenters. The third-order valence-electron chi connectivity index (χ3n) is 3.33. The maximum absolute atomic E-state index is 12.3. The van der Waals surface area contributed by atoms with Gasteiger partial charge in [0.05, 0.1) is 12.1 Å². The van der Waals surface area contributed by atoms with E-state index in [9.17, 15) is 19.5 Å². The predicted octanol–water partition coefficient (Wildman–Crippen LogP) is 1.82. The van der Waals surface area contributed by atoms with E-state index < -0.39 is 22.6 Å². The van der Waals surface area contributed by atoms with Crippen LogP contribution in [0.2, 0.25) is 0 Å². The highest BCUT2D eigenvalue weighted by Crippen LogP contribution is 2.15. The van der Waals surface area contributed by atoms with Gasteiger partial charge in [0.25, 0.3) is 0 Å². The van der Waals surface area contributed by atoms with Crippen molar-refractivity contribution in [1.29, 1.82) is 0 Å². The van der Waals surface area contributed by atoms with Crippen molar-refractivity contribution < 1.29 is 14.6 Å². The van der Waals surface area contributed by atoms with Crippen LogP contribution in [0.15, 0.2) is 46.0 Å². The quantitative estimate of drug-likeness (QED) is 0.687. The number of fused-ring (bicyclic) bond motifs is 1. The van der Waals surface area contributed by atoms with Crippen molar-refractivity contribution in [3.05, 3.63) is 62.6 Å². The Morgan fingerprint density at radius 3 is 2.65 bits per heavy atom. The summed E-state index contributed by atoms with van der Waals surface area (Å²) < 4.78 is 6.57. The van der Waals surface area contributed by atoms with Crippen LogP contribution in [0, 0.1) is 0 Å². The van der Waals surface area contributed by atoms with Crippen molar-refractivity contribution in [2.24, 2.45) is 0 Å². The monoisotopic (exact) mass is 315 g/mol. The standard InChI is InChI=1S/C17H17NO5/c1-3-5-8-18-12-6-7-14(19)16(21)9-11(12)15(20)10-13(18)17(22)23-4-2/h3,5-7,9-10H,4,8H2,1-2H3,(H,19,21). The van der Waals surface area contributed by atoms with E-state index in [-0.39, 0.29) is 17.7 Å².